The van der Waals surface area contributed by atoms with Gasteiger partial charge in [0.1, 0.15) is 5.75 Å². The summed E-state index contributed by atoms with van der Waals surface area (Å²) in [5, 5.41) is 3.20. The van der Waals surface area contributed by atoms with Crippen LogP contribution in [0.1, 0.15) is 37.8 Å². The predicted octanol–water partition coefficient (Wildman–Crippen LogP) is 1.83. The van der Waals surface area contributed by atoms with Crippen molar-refractivity contribution in [1.82, 2.24) is 15.1 Å². The Morgan fingerprint density at radius 2 is 1.97 bits per heavy atom. The number of methoxy groups -OCH3 is 1. The van der Waals surface area contributed by atoms with Crippen LogP contribution in [0.2, 0.25) is 0 Å². The molecule has 7 nitrogen and oxygen atoms in total. The molecule has 0 aromatic heterocycles. The zero-order chi connectivity index (χ0) is 21.1. The number of hydrogen-bond donors (Lipinski definition) is 1. The van der Waals surface area contributed by atoms with Gasteiger partial charge in [-0.3, -0.25) is 14.5 Å². The summed E-state index contributed by atoms with van der Waals surface area (Å²) < 4.78 is 10.7. The molecule has 164 valence electrons. The molecule has 1 aromatic carbocycles. The molecule has 3 fully saturated rings. The van der Waals surface area contributed by atoms with Crippen molar-refractivity contribution in [3.63, 3.8) is 0 Å². The van der Waals surface area contributed by atoms with Crippen molar-refractivity contribution in [2.24, 2.45) is 11.8 Å². The molecule has 1 aromatic rings. The number of hydrogen-bond acceptors (Lipinski definition) is 5. The van der Waals surface area contributed by atoms with Crippen LogP contribution in [-0.2, 0) is 14.3 Å². The quantitative estimate of drug-likeness (QED) is 0.768. The van der Waals surface area contributed by atoms with Crippen LogP contribution < -0.4 is 10.1 Å². The Balaban J connectivity index is 1.54. The van der Waals surface area contributed by atoms with Crippen molar-refractivity contribution in [2.45, 2.75) is 38.3 Å². The maximum Gasteiger partial charge on any atom is 0.237 e. The van der Waals surface area contributed by atoms with E-state index < -0.39 is 0 Å². The molecule has 30 heavy (non-hydrogen) atoms. The minimum atomic E-state index is -0.232. The minimum Gasteiger partial charge on any atom is -0.497 e. The topological polar surface area (TPSA) is 71.1 Å². The lowest BCUT2D eigenvalue weighted by Crippen LogP contribution is -2.54. The number of carbonyl (C=O) groups excluding carboxylic acids is 2. The monoisotopic (exact) mass is 415 g/mol. The van der Waals surface area contributed by atoms with Crippen molar-refractivity contribution in [3.8, 4) is 5.75 Å². The second-order valence-electron chi connectivity index (χ2n) is 8.64. The first kappa shape index (κ1) is 21.1. The van der Waals surface area contributed by atoms with Crippen LogP contribution in [0, 0.1) is 11.8 Å². The fourth-order valence-corrected chi connectivity index (χ4v) is 5.13. The lowest BCUT2D eigenvalue weighted by atomic mass is 9.91. The Labute approximate surface area is 178 Å². The third kappa shape index (κ3) is 4.32. The first-order valence-electron chi connectivity index (χ1n) is 11.1. The lowest BCUT2D eigenvalue weighted by molar-refractivity contribution is -0.140. The number of carbonyl (C=O) groups is 2. The summed E-state index contributed by atoms with van der Waals surface area (Å²) in [4.78, 5) is 30.5. The zero-order valence-corrected chi connectivity index (χ0v) is 18.0. The van der Waals surface area contributed by atoms with E-state index in [2.05, 4.69) is 17.1 Å². The summed E-state index contributed by atoms with van der Waals surface area (Å²) in [6.07, 6.45) is 2.69. The summed E-state index contributed by atoms with van der Waals surface area (Å²) in [5.74, 6) is 1.20. The zero-order valence-electron chi connectivity index (χ0n) is 18.0. The van der Waals surface area contributed by atoms with Crippen LogP contribution in [0.3, 0.4) is 0 Å². The molecule has 4 rings (SSSR count). The van der Waals surface area contributed by atoms with E-state index in [1.54, 1.807) is 7.11 Å². The Hall–Kier alpha value is -2.12. The fraction of sp³-hybridized carbons (Fsp3) is 0.652. The molecular weight excluding hydrogens is 382 g/mol. The summed E-state index contributed by atoms with van der Waals surface area (Å²) in [7, 11) is 1.64. The van der Waals surface area contributed by atoms with Gasteiger partial charge >= 0.3 is 0 Å². The number of rotatable bonds is 6. The Morgan fingerprint density at radius 3 is 2.63 bits per heavy atom. The minimum absolute atomic E-state index is 0.0626. The van der Waals surface area contributed by atoms with Gasteiger partial charge in [0, 0.05) is 32.3 Å². The fourth-order valence-electron chi connectivity index (χ4n) is 5.13. The van der Waals surface area contributed by atoms with Gasteiger partial charge in [0.2, 0.25) is 11.8 Å². The Bertz CT molecular complexity index is 747. The van der Waals surface area contributed by atoms with Crippen LogP contribution in [0.5, 0.6) is 5.75 Å². The van der Waals surface area contributed by atoms with Gasteiger partial charge in [0.15, 0.2) is 0 Å². The van der Waals surface area contributed by atoms with E-state index in [0.29, 0.717) is 25.4 Å². The molecule has 0 bridgehead atoms. The molecule has 1 N–H and O–H groups in total. The van der Waals surface area contributed by atoms with Gasteiger partial charge < -0.3 is 19.7 Å². The Kier molecular flexibility index (Phi) is 6.58. The molecule has 2 amide bonds. The van der Waals surface area contributed by atoms with E-state index in [9.17, 15) is 9.59 Å². The number of fused-ring (bicyclic) bond motifs is 1. The molecule has 0 aliphatic carbocycles. The van der Waals surface area contributed by atoms with Crippen molar-refractivity contribution >= 4 is 11.8 Å². The third-order valence-corrected chi connectivity index (χ3v) is 6.86. The predicted molar refractivity (Wildman–Crippen MR) is 113 cm³/mol. The van der Waals surface area contributed by atoms with Crippen LogP contribution in [0.4, 0.5) is 0 Å². The van der Waals surface area contributed by atoms with Gasteiger partial charge in [-0.05, 0) is 49.4 Å². The second kappa shape index (κ2) is 9.35. The highest BCUT2D eigenvalue weighted by molar-refractivity contribution is 5.85. The summed E-state index contributed by atoms with van der Waals surface area (Å²) in [6.45, 7) is 6.43. The highest BCUT2D eigenvalue weighted by Gasteiger charge is 2.49. The van der Waals surface area contributed by atoms with E-state index >= 15 is 0 Å². The van der Waals surface area contributed by atoms with Gasteiger partial charge in [-0.15, -0.1) is 0 Å². The van der Waals surface area contributed by atoms with Gasteiger partial charge in [-0.1, -0.05) is 19.1 Å². The van der Waals surface area contributed by atoms with Crippen molar-refractivity contribution in [3.05, 3.63) is 29.8 Å². The van der Waals surface area contributed by atoms with Crippen molar-refractivity contribution < 1.29 is 19.1 Å². The highest BCUT2D eigenvalue weighted by Crippen LogP contribution is 2.43. The first-order chi connectivity index (χ1) is 14.6. The largest absolute Gasteiger partial charge is 0.497 e. The van der Waals surface area contributed by atoms with E-state index in [-0.39, 0.29) is 29.8 Å². The number of likely N-dealkylation sites (N-methyl/N-ethyl adjacent to an activating group) is 1. The molecule has 0 saturated carbocycles. The number of nitrogens with zero attached hydrogens (tertiary/aromatic N) is 2. The van der Waals surface area contributed by atoms with Gasteiger partial charge in [-0.2, -0.15) is 0 Å². The van der Waals surface area contributed by atoms with Gasteiger partial charge in [-0.25, -0.2) is 0 Å². The molecule has 3 atom stereocenters. The van der Waals surface area contributed by atoms with Gasteiger partial charge in [0.05, 0.1) is 25.6 Å². The molecular formula is C23H33N3O4. The molecule has 0 unspecified atom stereocenters. The van der Waals surface area contributed by atoms with E-state index in [0.717, 1.165) is 50.5 Å². The molecule has 3 heterocycles. The van der Waals surface area contributed by atoms with Crippen molar-refractivity contribution in [1.29, 1.82) is 0 Å². The summed E-state index contributed by atoms with van der Waals surface area (Å²) in [5.41, 5.74) is 1.00. The van der Waals surface area contributed by atoms with E-state index in [1.807, 2.05) is 29.2 Å². The number of ether oxygens (including phenoxy) is 2. The van der Waals surface area contributed by atoms with E-state index in [4.69, 9.17) is 9.47 Å². The maximum absolute atomic E-state index is 13.3. The van der Waals surface area contributed by atoms with Crippen molar-refractivity contribution in [2.75, 3.05) is 46.5 Å². The van der Waals surface area contributed by atoms with Crippen LogP contribution in [-0.4, -0.2) is 74.2 Å². The molecule has 7 heteroatoms. The average Bonchev–Trinajstić information content (AvgIpc) is 3.18. The third-order valence-electron chi connectivity index (χ3n) is 6.86. The second-order valence-corrected chi connectivity index (χ2v) is 8.64. The first-order valence-corrected chi connectivity index (χ1v) is 11.1. The molecule has 0 spiro atoms. The smallest absolute Gasteiger partial charge is 0.237 e. The number of amides is 2. The number of nitrogens with one attached hydrogen (secondary N) is 1. The van der Waals surface area contributed by atoms with Gasteiger partial charge in [0.25, 0.3) is 0 Å². The molecule has 3 aliphatic heterocycles. The van der Waals surface area contributed by atoms with Crippen LogP contribution >= 0.6 is 0 Å². The standard InChI is InChI=1S/C23H33N3O4/c1-3-25-14-18-12-20(23(28)24-13-16-8-10-30-11-9-16)22(26(18)21(27)15-25)17-4-6-19(29-2)7-5-17/h4-7,16,18,20,22H,3,8-15H2,1-2H3,(H,24,28)/t18-,20-,22-/m1/s1. The van der Waals surface area contributed by atoms with Crippen LogP contribution in [0.15, 0.2) is 24.3 Å². The lowest BCUT2D eigenvalue weighted by Gasteiger charge is -2.39. The Morgan fingerprint density at radius 1 is 1.23 bits per heavy atom. The summed E-state index contributed by atoms with van der Waals surface area (Å²) >= 11 is 0. The molecule has 0 radical (unpaired) electrons. The normalized spacial score (nSPS) is 27.7. The van der Waals surface area contributed by atoms with E-state index in [1.165, 1.54) is 0 Å². The number of benzene rings is 1. The summed E-state index contributed by atoms with van der Waals surface area (Å²) in [6, 6.07) is 7.66. The number of piperazine rings is 1. The SMILES string of the molecule is CCN1CC(=O)N2[C@H](C[C@@H](C(=O)NCC3CCOCC3)[C@H]2c2ccc(OC)cc2)C1. The van der Waals surface area contributed by atoms with Crippen LogP contribution in [0.25, 0.3) is 0 Å². The maximum atomic E-state index is 13.3. The molecule has 3 saturated heterocycles. The average molecular weight is 416 g/mol. The molecule has 3 aliphatic rings. The highest BCUT2D eigenvalue weighted by atomic mass is 16.5.